The fraction of sp³-hybridized carbons (Fsp3) is 0.818. The zero-order chi connectivity index (χ0) is 14.2. The number of carbonyl (C=O) groups is 2. The first-order valence-electron chi connectivity index (χ1n) is 5.92. The van der Waals surface area contributed by atoms with Crippen molar-refractivity contribution >= 4 is 21.7 Å². The Morgan fingerprint density at radius 2 is 1.83 bits per heavy atom. The summed E-state index contributed by atoms with van der Waals surface area (Å²) in [7, 11) is -3.43. The Balaban J connectivity index is 3.92. The number of unbranched alkanes of at least 4 members (excludes halogenated alkanes) is 1. The monoisotopic (exact) mass is 279 g/mol. The molecule has 0 bridgehead atoms. The molecule has 0 aliphatic rings. The SMILES string of the molecule is CC(C)CNC(=O)CS(=O)(=O)CCCCC(=O)O. The molecule has 0 aliphatic heterocycles. The first kappa shape index (κ1) is 16.9. The molecular weight excluding hydrogens is 258 g/mol. The van der Waals surface area contributed by atoms with Gasteiger partial charge in [-0.2, -0.15) is 0 Å². The van der Waals surface area contributed by atoms with E-state index in [2.05, 4.69) is 5.32 Å². The molecule has 0 saturated heterocycles. The Hall–Kier alpha value is -1.11. The lowest BCUT2D eigenvalue weighted by molar-refractivity contribution is -0.137. The molecule has 0 fully saturated rings. The summed E-state index contributed by atoms with van der Waals surface area (Å²) in [5.41, 5.74) is 0. The van der Waals surface area contributed by atoms with Crippen LogP contribution < -0.4 is 5.32 Å². The van der Waals surface area contributed by atoms with Gasteiger partial charge in [0.1, 0.15) is 5.75 Å². The first-order valence-corrected chi connectivity index (χ1v) is 7.74. The van der Waals surface area contributed by atoms with Crippen LogP contribution >= 0.6 is 0 Å². The van der Waals surface area contributed by atoms with Gasteiger partial charge in [-0.25, -0.2) is 8.42 Å². The molecule has 0 radical (unpaired) electrons. The van der Waals surface area contributed by atoms with Gasteiger partial charge >= 0.3 is 5.97 Å². The van der Waals surface area contributed by atoms with E-state index >= 15 is 0 Å². The van der Waals surface area contributed by atoms with Crippen molar-refractivity contribution in [3.63, 3.8) is 0 Å². The number of rotatable bonds is 9. The molecule has 0 heterocycles. The molecule has 0 aromatic rings. The van der Waals surface area contributed by atoms with Crippen LogP contribution in [0.2, 0.25) is 0 Å². The van der Waals surface area contributed by atoms with Crippen LogP contribution in [0.5, 0.6) is 0 Å². The lowest BCUT2D eigenvalue weighted by atomic mass is 10.2. The van der Waals surface area contributed by atoms with E-state index in [1.54, 1.807) is 0 Å². The number of nitrogens with one attached hydrogen (secondary N) is 1. The summed E-state index contributed by atoms with van der Waals surface area (Å²) < 4.78 is 23.0. The molecule has 0 aliphatic carbocycles. The number of amides is 1. The molecule has 106 valence electrons. The second-order valence-electron chi connectivity index (χ2n) is 4.64. The topological polar surface area (TPSA) is 101 Å². The largest absolute Gasteiger partial charge is 0.481 e. The van der Waals surface area contributed by atoms with Gasteiger partial charge in [-0.15, -0.1) is 0 Å². The Morgan fingerprint density at radius 3 is 2.33 bits per heavy atom. The van der Waals surface area contributed by atoms with E-state index in [0.717, 1.165) is 0 Å². The smallest absolute Gasteiger partial charge is 0.303 e. The van der Waals surface area contributed by atoms with Gasteiger partial charge in [0.2, 0.25) is 5.91 Å². The summed E-state index contributed by atoms with van der Waals surface area (Å²) in [4.78, 5) is 21.6. The summed E-state index contributed by atoms with van der Waals surface area (Å²) >= 11 is 0. The number of carboxylic acid groups (broad SMARTS) is 1. The average molecular weight is 279 g/mol. The molecule has 0 atom stereocenters. The minimum Gasteiger partial charge on any atom is -0.481 e. The quantitative estimate of drug-likeness (QED) is 0.596. The average Bonchev–Trinajstić information content (AvgIpc) is 2.21. The van der Waals surface area contributed by atoms with E-state index in [1.165, 1.54) is 0 Å². The maximum absolute atomic E-state index is 11.5. The Kier molecular flexibility index (Phi) is 7.58. The molecule has 2 N–H and O–H groups in total. The van der Waals surface area contributed by atoms with Gasteiger partial charge in [0.05, 0.1) is 5.75 Å². The van der Waals surface area contributed by atoms with Crippen molar-refractivity contribution in [3.8, 4) is 0 Å². The van der Waals surface area contributed by atoms with Gasteiger partial charge in [0, 0.05) is 13.0 Å². The summed E-state index contributed by atoms with van der Waals surface area (Å²) in [6.07, 6.45) is 0.531. The third-order valence-corrected chi connectivity index (χ3v) is 3.77. The van der Waals surface area contributed by atoms with Crippen molar-refractivity contribution in [1.29, 1.82) is 0 Å². The molecule has 0 rings (SSSR count). The van der Waals surface area contributed by atoms with Gasteiger partial charge < -0.3 is 10.4 Å². The molecule has 0 saturated carbocycles. The second-order valence-corrected chi connectivity index (χ2v) is 6.82. The fourth-order valence-corrected chi connectivity index (χ4v) is 2.53. The fourth-order valence-electron chi connectivity index (χ4n) is 1.24. The van der Waals surface area contributed by atoms with E-state index in [1.807, 2.05) is 13.8 Å². The van der Waals surface area contributed by atoms with Gasteiger partial charge in [-0.3, -0.25) is 9.59 Å². The second kappa shape index (κ2) is 8.07. The number of hydrogen-bond donors (Lipinski definition) is 2. The Labute approximate surface area is 108 Å². The maximum atomic E-state index is 11.5. The molecule has 6 nitrogen and oxygen atoms in total. The van der Waals surface area contributed by atoms with Crippen LogP contribution in [0.15, 0.2) is 0 Å². The first-order chi connectivity index (χ1) is 8.23. The van der Waals surface area contributed by atoms with Crippen LogP contribution in [0.25, 0.3) is 0 Å². The molecule has 0 aromatic heterocycles. The molecule has 18 heavy (non-hydrogen) atoms. The Bertz CT molecular complexity index is 375. The van der Waals surface area contributed by atoms with Crippen LogP contribution in [0.3, 0.4) is 0 Å². The summed E-state index contributed by atoms with van der Waals surface area (Å²) in [6.45, 7) is 4.29. The molecule has 0 aromatic carbocycles. The highest BCUT2D eigenvalue weighted by molar-refractivity contribution is 7.92. The number of carboxylic acids is 1. The van der Waals surface area contributed by atoms with Crippen molar-refractivity contribution < 1.29 is 23.1 Å². The van der Waals surface area contributed by atoms with Crippen LogP contribution in [-0.2, 0) is 19.4 Å². The third kappa shape index (κ3) is 10.1. The van der Waals surface area contributed by atoms with E-state index in [9.17, 15) is 18.0 Å². The number of carbonyl (C=O) groups excluding carboxylic acids is 1. The predicted molar refractivity (Wildman–Crippen MR) is 68.0 cm³/mol. The van der Waals surface area contributed by atoms with Crippen molar-refractivity contribution in [3.05, 3.63) is 0 Å². The van der Waals surface area contributed by atoms with E-state index < -0.39 is 27.5 Å². The summed E-state index contributed by atoms with van der Waals surface area (Å²) in [6, 6.07) is 0. The van der Waals surface area contributed by atoms with Crippen LogP contribution in [0, 0.1) is 5.92 Å². The Morgan fingerprint density at radius 1 is 1.22 bits per heavy atom. The van der Waals surface area contributed by atoms with Crippen LogP contribution in [-0.4, -0.2) is 43.5 Å². The highest BCUT2D eigenvalue weighted by Gasteiger charge is 2.16. The molecular formula is C11H21NO5S. The number of hydrogen-bond acceptors (Lipinski definition) is 4. The van der Waals surface area contributed by atoms with Gasteiger partial charge in [0.15, 0.2) is 9.84 Å². The minimum absolute atomic E-state index is 0.0466. The molecule has 1 amide bonds. The van der Waals surface area contributed by atoms with Gasteiger partial charge in [-0.1, -0.05) is 13.8 Å². The van der Waals surface area contributed by atoms with Crippen LogP contribution in [0.1, 0.15) is 33.1 Å². The minimum atomic E-state index is -3.43. The van der Waals surface area contributed by atoms with E-state index in [0.29, 0.717) is 13.0 Å². The van der Waals surface area contributed by atoms with Crippen molar-refractivity contribution in [2.45, 2.75) is 33.1 Å². The van der Waals surface area contributed by atoms with Crippen molar-refractivity contribution in [1.82, 2.24) is 5.32 Å². The van der Waals surface area contributed by atoms with Gasteiger partial charge in [-0.05, 0) is 18.8 Å². The molecule has 0 unspecified atom stereocenters. The standard InChI is InChI=1S/C11H21NO5S/c1-9(2)7-12-10(13)8-18(16,17)6-4-3-5-11(14)15/h9H,3-8H2,1-2H3,(H,12,13)(H,14,15). The zero-order valence-corrected chi connectivity index (χ0v) is 11.6. The van der Waals surface area contributed by atoms with Gasteiger partial charge in [0.25, 0.3) is 0 Å². The van der Waals surface area contributed by atoms with Crippen molar-refractivity contribution in [2.24, 2.45) is 5.92 Å². The van der Waals surface area contributed by atoms with E-state index in [-0.39, 0.29) is 24.5 Å². The normalized spacial score (nSPS) is 11.5. The van der Waals surface area contributed by atoms with E-state index in [4.69, 9.17) is 5.11 Å². The van der Waals surface area contributed by atoms with Crippen LogP contribution in [0.4, 0.5) is 0 Å². The van der Waals surface area contributed by atoms with Crippen molar-refractivity contribution in [2.75, 3.05) is 18.1 Å². The number of sulfone groups is 1. The molecule has 0 spiro atoms. The number of aliphatic carboxylic acids is 1. The third-order valence-electron chi connectivity index (χ3n) is 2.15. The predicted octanol–water partition coefficient (Wildman–Crippen LogP) is 0.428. The molecule has 7 heteroatoms. The lowest BCUT2D eigenvalue weighted by Crippen LogP contribution is -2.33. The summed E-state index contributed by atoms with van der Waals surface area (Å²) in [5, 5.41) is 10.9. The highest BCUT2D eigenvalue weighted by Crippen LogP contribution is 2.01. The lowest BCUT2D eigenvalue weighted by Gasteiger charge is -2.08. The summed E-state index contributed by atoms with van der Waals surface area (Å²) in [5.74, 6) is -1.83. The maximum Gasteiger partial charge on any atom is 0.303 e. The highest BCUT2D eigenvalue weighted by atomic mass is 32.2. The zero-order valence-electron chi connectivity index (χ0n) is 10.8.